The van der Waals surface area contributed by atoms with E-state index in [1.165, 1.54) is 12.1 Å². The van der Waals surface area contributed by atoms with E-state index in [0.717, 1.165) is 16.7 Å². The monoisotopic (exact) mass is 404 g/mol. The Balaban J connectivity index is 1.56. The zero-order valence-electron chi connectivity index (χ0n) is 16.1. The van der Waals surface area contributed by atoms with Gasteiger partial charge in [-0.3, -0.25) is 4.79 Å². The van der Waals surface area contributed by atoms with E-state index in [1.807, 2.05) is 13.0 Å². The number of carbonyl (C=O) groups excluding carboxylic acids is 1. The van der Waals surface area contributed by atoms with Gasteiger partial charge in [-0.05, 0) is 56.0 Å². The van der Waals surface area contributed by atoms with Gasteiger partial charge in [-0.2, -0.15) is 0 Å². The van der Waals surface area contributed by atoms with Crippen LogP contribution in [0.5, 0.6) is 0 Å². The van der Waals surface area contributed by atoms with Crippen molar-refractivity contribution in [3.63, 3.8) is 0 Å². The number of nitrogens with zero attached hydrogens (tertiary/aromatic N) is 1. The van der Waals surface area contributed by atoms with Gasteiger partial charge in [0.05, 0.1) is 11.3 Å². The first-order chi connectivity index (χ1) is 13.2. The van der Waals surface area contributed by atoms with Gasteiger partial charge in [-0.25, -0.2) is 17.5 Å². The van der Waals surface area contributed by atoms with E-state index in [4.69, 9.17) is 0 Å². The molecule has 3 rings (SSSR count). The van der Waals surface area contributed by atoms with Crippen LogP contribution >= 0.6 is 0 Å². The third-order valence-electron chi connectivity index (χ3n) is 5.06. The Morgan fingerprint density at radius 3 is 2.36 bits per heavy atom. The molecule has 0 aliphatic carbocycles. The minimum atomic E-state index is -3.59. The summed E-state index contributed by atoms with van der Waals surface area (Å²) < 4.78 is 41.1. The lowest BCUT2D eigenvalue weighted by Crippen LogP contribution is -2.47. The second kappa shape index (κ2) is 8.41. The third kappa shape index (κ3) is 4.97. The number of rotatable bonds is 5. The normalized spacial score (nSPS) is 15.6. The van der Waals surface area contributed by atoms with Gasteiger partial charge in [0, 0.05) is 19.1 Å². The predicted octanol–water partition coefficient (Wildman–Crippen LogP) is 2.95. The van der Waals surface area contributed by atoms with Crippen LogP contribution in [0.2, 0.25) is 0 Å². The van der Waals surface area contributed by atoms with E-state index in [0.29, 0.717) is 30.8 Å². The molecule has 0 aromatic heterocycles. The molecule has 1 aliphatic heterocycles. The number of carbonyl (C=O) groups is 1. The number of hydrogen-bond acceptors (Lipinski definition) is 3. The SMILES string of the molecule is Cc1ccc(S(=O)(=O)NC2CCN(C(=O)Cc3ccc(F)cc3)CC2)c(C)c1. The maximum atomic E-state index is 13.0. The average Bonchev–Trinajstić information content (AvgIpc) is 2.63. The van der Waals surface area contributed by atoms with Crippen LogP contribution in [-0.4, -0.2) is 38.4 Å². The van der Waals surface area contributed by atoms with Crippen LogP contribution < -0.4 is 4.72 Å². The molecule has 0 atom stereocenters. The van der Waals surface area contributed by atoms with Crippen molar-refractivity contribution in [3.8, 4) is 0 Å². The number of aryl methyl sites for hydroxylation is 2. The maximum absolute atomic E-state index is 13.0. The molecule has 5 nitrogen and oxygen atoms in total. The lowest BCUT2D eigenvalue weighted by Gasteiger charge is -2.32. The number of likely N-dealkylation sites (tertiary alicyclic amines) is 1. The number of piperidine rings is 1. The lowest BCUT2D eigenvalue weighted by molar-refractivity contribution is -0.131. The summed E-state index contributed by atoms with van der Waals surface area (Å²) >= 11 is 0. The first-order valence-electron chi connectivity index (χ1n) is 9.36. The Kier molecular flexibility index (Phi) is 6.15. The maximum Gasteiger partial charge on any atom is 0.241 e. The van der Waals surface area contributed by atoms with Crippen molar-refractivity contribution in [2.45, 2.75) is 44.0 Å². The summed E-state index contributed by atoms with van der Waals surface area (Å²) in [4.78, 5) is 14.5. The van der Waals surface area contributed by atoms with E-state index < -0.39 is 10.0 Å². The molecule has 2 aromatic carbocycles. The van der Waals surface area contributed by atoms with Gasteiger partial charge in [0.1, 0.15) is 5.82 Å². The van der Waals surface area contributed by atoms with Crippen LogP contribution in [0.15, 0.2) is 47.4 Å². The minimum Gasteiger partial charge on any atom is -0.342 e. The second-order valence-electron chi connectivity index (χ2n) is 7.35. The fourth-order valence-corrected chi connectivity index (χ4v) is 5.05. The average molecular weight is 405 g/mol. The molecular weight excluding hydrogens is 379 g/mol. The van der Waals surface area contributed by atoms with Crippen molar-refractivity contribution in [2.24, 2.45) is 0 Å². The number of hydrogen-bond donors (Lipinski definition) is 1. The molecule has 1 aliphatic rings. The van der Waals surface area contributed by atoms with Crippen LogP contribution in [-0.2, 0) is 21.2 Å². The van der Waals surface area contributed by atoms with Gasteiger partial charge in [0.2, 0.25) is 15.9 Å². The lowest BCUT2D eigenvalue weighted by atomic mass is 10.0. The molecule has 2 aromatic rings. The fraction of sp³-hybridized carbons (Fsp3) is 0.381. The Morgan fingerprint density at radius 1 is 1.11 bits per heavy atom. The molecule has 1 N–H and O–H groups in total. The number of nitrogens with one attached hydrogen (secondary N) is 1. The quantitative estimate of drug-likeness (QED) is 0.833. The van der Waals surface area contributed by atoms with Crippen LogP contribution in [0.1, 0.15) is 29.5 Å². The summed E-state index contributed by atoms with van der Waals surface area (Å²) in [5, 5.41) is 0. The van der Waals surface area contributed by atoms with Gasteiger partial charge in [0.25, 0.3) is 0 Å². The van der Waals surface area contributed by atoms with Crippen molar-refractivity contribution in [1.82, 2.24) is 9.62 Å². The molecule has 0 bridgehead atoms. The molecule has 0 saturated carbocycles. The highest BCUT2D eigenvalue weighted by Crippen LogP contribution is 2.19. The molecule has 1 amide bonds. The molecule has 150 valence electrons. The van der Waals surface area contributed by atoms with E-state index >= 15 is 0 Å². The van der Waals surface area contributed by atoms with Gasteiger partial charge in [-0.1, -0.05) is 29.8 Å². The van der Waals surface area contributed by atoms with E-state index in [1.54, 1.807) is 36.1 Å². The summed E-state index contributed by atoms with van der Waals surface area (Å²) in [7, 11) is -3.59. The van der Waals surface area contributed by atoms with Crippen molar-refractivity contribution in [3.05, 3.63) is 65.0 Å². The van der Waals surface area contributed by atoms with Crippen molar-refractivity contribution >= 4 is 15.9 Å². The molecule has 1 fully saturated rings. The highest BCUT2D eigenvalue weighted by molar-refractivity contribution is 7.89. The summed E-state index contributed by atoms with van der Waals surface area (Å²) in [5.74, 6) is -0.351. The molecule has 0 radical (unpaired) electrons. The van der Waals surface area contributed by atoms with E-state index in [2.05, 4.69) is 4.72 Å². The van der Waals surface area contributed by atoms with Crippen LogP contribution in [0, 0.1) is 19.7 Å². The Bertz CT molecular complexity index is 950. The van der Waals surface area contributed by atoms with Crippen molar-refractivity contribution < 1.29 is 17.6 Å². The summed E-state index contributed by atoms with van der Waals surface area (Å²) in [6, 6.07) is 11.0. The number of amides is 1. The van der Waals surface area contributed by atoms with Crippen molar-refractivity contribution in [1.29, 1.82) is 0 Å². The molecule has 1 saturated heterocycles. The molecular formula is C21H25FN2O3S. The van der Waals surface area contributed by atoms with Gasteiger partial charge < -0.3 is 4.90 Å². The molecule has 28 heavy (non-hydrogen) atoms. The predicted molar refractivity (Wildman–Crippen MR) is 106 cm³/mol. The Morgan fingerprint density at radius 2 is 1.75 bits per heavy atom. The zero-order chi connectivity index (χ0) is 20.3. The largest absolute Gasteiger partial charge is 0.342 e. The standard InChI is InChI=1S/C21H25FN2O3S/c1-15-3-8-20(16(2)13-15)28(26,27)23-19-9-11-24(12-10-19)21(25)14-17-4-6-18(22)7-5-17/h3-8,13,19,23H,9-12,14H2,1-2H3. The fourth-order valence-electron chi connectivity index (χ4n) is 3.52. The summed E-state index contributed by atoms with van der Waals surface area (Å²) in [6.45, 7) is 4.72. The zero-order valence-corrected chi connectivity index (χ0v) is 16.9. The first kappa shape index (κ1) is 20.5. The van der Waals surface area contributed by atoms with Gasteiger partial charge in [0.15, 0.2) is 0 Å². The Hall–Kier alpha value is -2.25. The smallest absolute Gasteiger partial charge is 0.241 e. The molecule has 0 unspecified atom stereocenters. The number of sulfonamides is 1. The topological polar surface area (TPSA) is 66.5 Å². The minimum absolute atomic E-state index is 0.0257. The third-order valence-corrected chi connectivity index (χ3v) is 6.74. The van der Waals surface area contributed by atoms with Crippen LogP contribution in [0.4, 0.5) is 4.39 Å². The van der Waals surface area contributed by atoms with Crippen molar-refractivity contribution in [2.75, 3.05) is 13.1 Å². The van der Waals surface area contributed by atoms with Crippen LogP contribution in [0.3, 0.4) is 0 Å². The molecule has 0 spiro atoms. The highest BCUT2D eigenvalue weighted by Gasteiger charge is 2.27. The Labute approximate surface area is 165 Å². The number of benzene rings is 2. The first-order valence-corrected chi connectivity index (χ1v) is 10.8. The summed E-state index contributed by atoms with van der Waals surface area (Å²) in [5.41, 5.74) is 2.51. The van der Waals surface area contributed by atoms with E-state index in [-0.39, 0.29) is 24.2 Å². The molecule has 1 heterocycles. The van der Waals surface area contributed by atoms with Gasteiger partial charge >= 0.3 is 0 Å². The second-order valence-corrected chi connectivity index (χ2v) is 9.03. The number of halogens is 1. The van der Waals surface area contributed by atoms with Gasteiger partial charge in [-0.15, -0.1) is 0 Å². The summed E-state index contributed by atoms with van der Waals surface area (Å²) in [6.07, 6.45) is 1.36. The van der Waals surface area contributed by atoms with Crippen LogP contribution in [0.25, 0.3) is 0 Å². The molecule has 7 heteroatoms. The van der Waals surface area contributed by atoms with E-state index in [9.17, 15) is 17.6 Å². The highest BCUT2D eigenvalue weighted by atomic mass is 32.2.